The second kappa shape index (κ2) is 2.28. The number of hydrogen-bond acceptors (Lipinski definition) is 3. The Morgan fingerprint density at radius 1 is 1.60 bits per heavy atom. The van der Waals surface area contributed by atoms with Crippen LogP contribution in [0, 0.1) is 0 Å². The van der Waals surface area contributed by atoms with Crippen molar-refractivity contribution in [2.24, 2.45) is 7.05 Å². The molecule has 0 aromatic carbocycles. The molecule has 1 aromatic rings. The highest BCUT2D eigenvalue weighted by Gasteiger charge is 2.07. The molecule has 1 heterocycles. The van der Waals surface area contributed by atoms with Gasteiger partial charge in [0.05, 0.1) is 0 Å². The summed E-state index contributed by atoms with van der Waals surface area (Å²) in [5.41, 5.74) is 0. The fourth-order valence-electron chi connectivity index (χ4n) is 0.841. The fourth-order valence-corrected chi connectivity index (χ4v) is 0.841. The Bertz CT molecular complexity index is 272. The summed E-state index contributed by atoms with van der Waals surface area (Å²) in [5.74, 6) is 0.396. The molecule has 0 N–H and O–H groups in total. The fraction of sp³-hybridized carbons (Fsp3) is 0.667. The summed E-state index contributed by atoms with van der Waals surface area (Å²) in [4.78, 5) is 14.2. The van der Waals surface area contributed by atoms with Crippen molar-refractivity contribution in [2.75, 3.05) is 0 Å². The third kappa shape index (κ3) is 1.10. The number of nitrogens with zero attached hydrogens (tertiary/aromatic N) is 2. The maximum absolute atomic E-state index is 10.5. The summed E-state index contributed by atoms with van der Waals surface area (Å²) in [6.07, 6.45) is 0. The molecule has 1 rings (SSSR count). The zero-order chi connectivity index (χ0) is 7.72. The van der Waals surface area contributed by atoms with Crippen LogP contribution in [0.5, 0.6) is 0 Å². The van der Waals surface area contributed by atoms with Crippen molar-refractivity contribution < 1.29 is 4.52 Å². The molecule has 0 saturated heterocycles. The van der Waals surface area contributed by atoms with Crippen LogP contribution in [0.3, 0.4) is 0 Å². The molecule has 56 valence electrons. The molecule has 0 unspecified atom stereocenters. The van der Waals surface area contributed by atoms with E-state index in [1.165, 1.54) is 4.74 Å². The Hall–Kier alpha value is -1.06. The van der Waals surface area contributed by atoms with E-state index in [1.54, 1.807) is 7.05 Å². The predicted molar refractivity (Wildman–Crippen MR) is 35.8 cm³/mol. The maximum atomic E-state index is 10.5. The quantitative estimate of drug-likeness (QED) is 0.573. The van der Waals surface area contributed by atoms with E-state index in [-0.39, 0.29) is 5.92 Å². The van der Waals surface area contributed by atoms with E-state index >= 15 is 0 Å². The highest BCUT2D eigenvalue weighted by atomic mass is 16.5. The zero-order valence-electron chi connectivity index (χ0n) is 6.29. The monoisotopic (exact) mass is 142 g/mol. The van der Waals surface area contributed by atoms with E-state index in [1.807, 2.05) is 13.8 Å². The van der Waals surface area contributed by atoms with E-state index in [2.05, 4.69) is 9.51 Å². The van der Waals surface area contributed by atoms with E-state index in [4.69, 9.17) is 0 Å². The summed E-state index contributed by atoms with van der Waals surface area (Å²) in [7, 11) is 1.67. The largest absolute Gasteiger partial charge is 0.459 e. The Morgan fingerprint density at radius 3 is 2.40 bits per heavy atom. The highest BCUT2D eigenvalue weighted by molar-refractivity contribution is 4.88. The van der Waals surface area contributed by atoms with Crippen molar-refractivity contribution >= 4 is 0 Å². The Morgan fingerprint density at radius 2 is 2.20 bits per heavy atom. The highest BCUT2D eigenvalue weighted by Crippen LogP contribution is 2.07. The van der Waals surface area contributed by atoms with Gasteiger partial charge in [-0.25, -0.2) is 4.79 Å². The second-order valence-corrected chi connectivity index (χ2v) is 2.48. The van der Waals surface area contributed by atoms with Crippen LogP contribution >= 0.6 is 0 Å². The van der Waals surface area contributed by atoms with Gasteiger partial charge in [-0.3, -0.25) is 0 Å². The Kier molecular flexibility index (Phi) is 1.61. The van der Waals surface area contributed by atoms with Crippen LogP contribution in [0.1, 0.15) is 25.6 Å². The third-order valence-electron chi connectivity index (χ3n) is 1.26. The lowest BCUT2D eigenvalue weighted by atomic mass is 10.2. The van der Waals surface area contributed by atoms with Crippen LogP contribution < -0.4 is 5.76 Å². The van der Waals surface area contributed by atoms with Crippen molar-refractivity contribution in [3.63, 3.8) is 0 Å². The van der Waals surface area contributed by atoms with Gasteiger partial charge in [0.25, 0.3) is 0 Å². The molecule has 1 aromatic heterocycles. The van der Waals surface area contributed by atoms with Gasteiger partial charge in [-0.1, -0.05) is 13.8 Å². The number of aromatic nitrogens is 2. The summed E-state index contributed by atoms with van der Waals surface area (Å²) < 4.78 is 6.02. The lowest BCUT2D eigenvalue weighted by molar-refractivity contribution is 0.273. The number of hydrogen-bond donors (Lipinski definition) is 0. The van der Waals surface area contributed by atoms with Crippen molar-refractivity contribution in [1.82, 2.24) is 9.72 Å². The molecular formula is C6H10N2O2. The predicted octanol–water partition coefficient (Wildman–Crippen LogP) is 0.497. The first-order valence-electron chi connectivity index (χ1n) is 3.15. The maximum Gasteiger partial charge on any atom is 0.459 e. The molecule has 0 aliphatic rings. The summed E-state index contributed by atoms with van der Waals surface area (Å²) >= 11 is 0. The lowest BCUT2D eigenvalue weighted by Gasteiger charge is -1.99. The van der Waals surface area contributed by atoms with Crippen molar-refractivity contribution in [1.29, 1.82) is 0 Å². The molecular weight excluding hydrogens is 132 g/mol. The van der Waals surface area contributed by atoms with E-state index in [9.17, 15) is 4.79 Å². The van der Waals surface area contributed by atoms with Crippen LogP contribution in [0.25, 0.3) is 0 Å². The first-order valence-corrected chi connectivity index (χ1v) is 3.15. The lowest BCUT2D eigenvalue weighted by Crippen LogP contribution is -1.99. The SMILES string of the molecule is CC(C)c1nc(=O)on1C. The van der Waals surface area contributed by atoms with Crippen LogP contribution in [-0.2, 0) is 7.05 Å². The second-order valence-electron chi connectivity index (χ2n) is 2.48. The molecule has 0 amide bonds. The molecule has 4 nitrogen and oxygen atoms in total. The van der Waals surface area contributed by atoms with Crippen molar-refractivity contribution in [3.05, 3.63) is 16.4 Å². The molecule has 4 heteroatoms. The molecule has 0 spiro atoms. The minimum absolute atomic E-state index is 0.233. The van der Waals surface area contributed by atoms with E-state index in [0.29, 0.717) is 5.82 Å². The standard InChI is InChI=1S/C6H10N2O2/c1-4(2)5-7-6(9)10-8(5)3/h4H,1-3H3. The molecule has 0 bridgehead atoms. The smallest absolute Gasteiger partial charge is 0.319 e. The van der Waals surface area contributed by atoms with Crippen molar-refractivity contribution in [2.45, 2.75) is 19.8 Å². The molecule has 10 heavy (non-hydrogen) atoms. The minimum atomic E-state index is -0.522. The number of rotatable bonds is 1. The summed E-state index contributed by atoms with van der Waals surface area (Å²) in [5, 5.41) is 0. The summed E-state index contributed by atoms with van der Waals surface area (Å²) in [6.45, 7) is 3.91. The topological polar surface area (TPSA) is 48.0 Å². The Labute approximate surface area is 58.4 Å². The van der Waals surface area contributed by atoms with Gasteiger partial charge in [-0.15, -0.1) is 0 Å². The average molecular weight is 142 g/mol. The van der Waals surface area contributed by atoms with Gasteiger partial charge in [0.15, 0.2) is 0 Å². The third-order valence-corrected chi connectivity index (χ3v) is 1.26. The van der Waals surface area contributed by atoms with Crippen LogP contribution in [0.15, 0.2) is 9.32 Å². The molecule has 0 atom stereocenters. The van der Waals surface area contributed by atoms with Gasteiger partial charge in [-0.2, -0.15) is 9.72 Å². The van der Waals surface area contributed by atoms with Crippen LogP contribution in [0.2, 0.25) is 0 Å². The van der Waals surface area contributed by atoms with Crippen LogP contribution in [0.4, 0.5) is 0 Å². The average Bonchev–Trinajstić information content (AvgIpc) is 2.10. The van der Waals surface area contributed by atoms with Crippen molar-refractivity contribution in [3.8, 4) is 0 Å². The molecule has 0 radical (unpaired) electrons. The molecule has 0 saturated carbocycles. The molecule has 0 aliphatic heterocycles. The van der Waals surface area contributed by atoms with E-state index in [0.717, 1.165) is 0 Å². The normalized spacial score (nSPS) is 10.8. The molecule has 0 fully saturated rings. The van der Waals surface area contributed by atoms with Gasteiger partial charge in [0.1, 0.15) is 5.82 Å². The first-order chi connectivity index (χ1) is 4.61. The Balaban J connectivity index is 3.15. The number of aryl methyl sites for hydroxylation is 1. The van der Waals surface area contributed by atoms with Gasteiger partial charge in [0.2, 0.25) is 0 Å². The van der Waals surface area contributed by atoms with Gasteiger partial charge in [0, 0.05) is 13.0 Å². The summed E-state index contributed by atoms with van der Waals surface area (Å²) in [6, 6.07) is 0. The zero-order valence-corrected chi connectivity index (χ0v) is 6.29. The van der Waals surface area contributed by atoms with Gasteiger partial charge >= 0.3 is 5.76 Å². The van der Waals surface area contributed by atoms with Gasteiger partial charge < -0.3 is 4.52 Å². The first kappa shape index (κ1) is 7.05. The van der Waals surface area contributed by atoms with Gasteiger partial charge in [-0.05, 0) is 0 Å². The van der Waals surface area contributed by atoms with E-state index < -0.39 is 5.76 Å². The molecule has 0 aliphatic carbocycles. The van der Waals surface area contributed by atoms with Crippen LogP contribution in [-0.4, -0.2) is 9.72 Å². The minimum Gasteiger partial charge on any atom is -0.319 e.